The number of nitrogens with one attached hydrogen (secondary N) is 1. The molecule has 1 aromatic carbocycles. The molecule has 0 saturated carbocycles. The van der Waals surface area contributed by atoms with E-state index in [-0.39, 0.29) is 17.0 Å². The summed E-state index contributed by atoms with van der Waals surface area (Å²) in [5.41, 5.74) is 8.12. The Morgan fingerprint density at radius 1 is 1.40 bits per heavy atom. The van der Waals surface area contributed by atoms with Gasteiger partial charge in [0.15, 0.2) is 5.16 Å². The fourth-order valence-electron chi connectivity index (χ4n) is 2.14. The first kappa shape index (κ1) is 14.9. The van der Waals surface area contributed by atoms with Crippen molar-refractivity contribution >= 4 is 11.8 Å². The zero-order chi connectivity index (χ0) is 14.7. The molecule has 2 rings (SSSR count). The van der Waals surface area contributed by atoms with Crippen LogP contribution in [0, 0.1) is 6.92 Å². The third-order valence-corrected chi connectivity index (χ3v) is 4.42. The molecule has 0 aliphatic rings. The molecule has 0 aliphatic heterocycles. The van der Waals surface area contributed by atoms with Crippen LogP contribution in [0.4, 0.5) is 0 Å². The summed E-state index contributed by atoms with van der Waals surface area (Å²) in [6, 6.07) is 8.23. The summed E-state index contributed by atoms with van der Waals surface area (Å²) in [5, 5.41) is 7.39. The zero-order valence-electron chi connectivity index (χ0n) is 12.0. The molecule has 1 unspecified atom stereocenters. The lowest BCUT2D eigenvalue weighted by Crippen LogP contribution is -2.20. The second-order valence-electron chi connectivity index (χ2n) is 4.97. The second-order valence-corrected chi connectivity index (χ2v) is 6.14. The third kappa shape index (κ3) is 2.96. The average Bonchev–Trinajstić information content (AvgIpc) is 2.78. The van der Waals surface area contributed by atoms with E-state index in [9.17, 15) is 4.79 Å². The normalized spacial score (nSPS) is 12.8. The van der Waals surface area contributed by atoms with Gasteiger partial charge in [0.1, 0.15) is 0 Å². The van der Waals surface area contributed by atoms with Gasteiger partial charge in [-0.1, -0.05) is 36.0 Å². The molecule has 0 bridgehead atoms. The summed E-state index contributed by atoms with van der Waals surface area (Å²) >= 11 is 1.53. The number of hydrogen-bond donors (Lipinski definition) is 2. The van der Waals surface area contributed by atoms with E-state index in [1.165, 1.54) is 22.9 Å². The van der Waals surface area contributed by atoms with Crippen molar-refractivity contribution in [2.45, 2.75) is 37.2 Å². The van der Waals surface area contributed by atoms with Gasteiger partial charge in [-0.25, -0.2) is 9.89 Å². The molecule has 0 saturated heterocycles. The number of hydrogen-bond acceptors (Lipinski definition) is 4. The van der Waals surface area contributed by atoms with E-state index in [0.29, 0.717) is 11.7 Å². The first-order valence-corrected chi connectivity index (χ1v) is 7.51. The van der Waals surface area contributed by atoms with Gasteiger partial charge >= 0.3 is 5.69 Å². The Labute approximate surface area is 122 Å². The van der Waals surface area contributed by atoms with Crippen LogP contribution in [0.15, 0.2) is 34.2 Å². The second kappa shape index (κ2) is 6.28. The summed E-state index contributed by atoms with van der Waals surface area (Å²) in [6.45, 7) is 6.49. The van der Waals surface area contributed by atoms with Gasteiger partial charge in [0, 0.05) is 17.8 Å². The quantitative estimate of drug-likeness (QED) is 0.829. The lowest BCUT2D eigenvalue weighted by molar-refractivity contribution is 0.533. The van der Waals surface area contributed by atoms with Gasteiger partial charge in [-0.2, -0.15) is 0 Å². The fraction of sp³-hybridized carbons (Fsp3) is 0.429. The molecule has 20 heavy (non-hydrogen) atoms. The highest BCUT2D eigenvalue weighted by Gasteiger charge is 2.19. The maximum absolute atomic E-state index is 11.8. The van der Waals surface area contributed by atoms with Gasteiger partial charge in [-0.3, -0.25) is 4.57 Å². The van der Waals surface area contributed by atoms with Crippen LogP contribution in [0.5, 0.6) is 0 Å². The number of rotatable bonds is 5. The van der Waals surface area contributed by atoms with Gasteiger partial charge in [0.2, 0.25) is 0 Å². The molecule has 0 aliphatic carbocycles. The molecule has 6 heteroatoms. The van der Waals surface area contributed by atoms with Crippen LogP contribution in [-0.2, 0) is 0 Å². The number of thioether (sulfide) groups is 1. The van der Waals surface area contributed by atoms with E-state index in [2.05, 4.69) is 29.3 Å². The van der Waals surface area contributed by atoms with Crippen LogP contribution in [-0.4, -0.2) is 21.3 Å². The van der Waals surface area contributed by atoms with Crippen LogP contribution in [0.25, 0.3) is 0 Å². The average molecular weight is 292 g/mol. The lowest BCUT2D eigenvalue weighted by atomic mass is 10.1. The topological polar surface area (TPSA) is 76.7 Å². The van der Waals surface area contributed by atoms with E-state index in [1.807, 2.05) is 26.0 Å². The smallest absolute Gasteiger partial charge is 0.329 e. The number of nitrogens with two attached hydrogens (primary N) is 1. The molecular formula is C14H20N4OS. The van der Waals surface area contributed by atoms with Gasteiger partial charge in [-0.05, 0) is 31.9 Å². The monoisotopic (exact) mass is 292 g/mol. The van der Waals surface area contributed by atoms with Crippen molar-refractivity contribution in [1.29, 1.82) is 0 Å². The first-order valence-electron chi connectivity index (χ1n) is 6.63. The highest BCUT2D eigenvalue weighted by molar-refractivity contribution is 7.99. The highest BCUT2D eigenvalue weighted by atomic mass is 32.2. The SMILES string of the molecule is Cc1ccccc1C(CN)Sc1n[nH]c(=O)n1C(C)C. The predicted molar refractivity (Wildman–Crippen MR) is 82.1 cm³/mol. The Balaban J connectivity index is 2.32. The first-order chi connectivity index (χ1) is 9.54. The standard InChI is InChI=1S/C14H20N4OS/c1-9(2)18-13(19)16-17-14(18)20-12(8-15)11-7-5-4-6-10(11)3/h4-7,9,12H,8,15H2,1-3H3,(H,16,19). The molecule has 1 aromatic heterocycles. The van der Waals surface area contributed by atoms with Crippen LogP contribution in [0.3, 0.4) is 0 Å². The van der Waals surface area contributed by atoms with Crippen molar-refractivity contribution in [3.8, 4) is 0 Å². The van der Waals surface area contributed by atoms with Crippen LogP contribution < -0.4 is 11.4 Å². The van der Waals surface area contributed by atoms with E-state index in [0.717, 1.165) is 0 Å². The van der Waals surface area contributed by atoms with Crippen molar-refractivity contribution < 1.29 is 0 Å². The molecule has 3 N–H and O–H groups in total. The van der Waals surface area contributed by atoms with Crippen molar-refractivity contribution in [3.05, 3.63) is 45.9 Å². The Morgan fingerprint density at radius 2 is 2.10 bits per heavy atom. The largest absolute Gasteiger partial charge is 0.344 e. The Morgan fingerprint density at radius 3 is 2.70 bits per heavy atom. The maximum Gasteiger partial charge on any atom is 0.344 e. The lowest BCUT2D eigenvalue weighted by Gasteiger charge is -2.17. The van der Waals surface area contributed by atoms with E-state index >= 15 is 0 Å². The minimum absolute atomic E-state index is 0.0686. The van der Waals surface area contributed by atoms with Crippen LogP contribution >= 0.6 is 11.8 Å². The number of aromatic nitrogens is 3. The Hall–Kier alpha value is -1.53. The molecule has 2 aromatic rings. The molecule has 0 amide bonds. The van der Waals surface area contributed by atoms with E-state index < -0.39 is 0 Å². The number of aromatic amines is 1. The summed E-state index contributed by atoms with van der Waals surface area (Å²) in [4.78, 5) is 11.8. The van der Waals surface area contributed by atoms with Crippen molar-refractivity contribution in [3.63, 3.8) is 0 Å². The van der Waals surface area contributed by atoms with Gasteiger partial charge in [0.25, 0.3) is 0 Å². The molecule has 1 heterocycles. The van der Waals surface area contributed by atoms with Gasteiger partial charge in [0.05, 0.1) is 0 Å². The number of nitrogens with zero attached hydrogens (tertiary/aromatic N) is 2. The summed E-state index contributed by atoms with van der Waals surface area (Å²) in [6.07, 6.45) is 0. The van der Waals surface area contributed by atoms with Crippen LogP contribution in [0.2, 0.25) is 0 Å². The molecule has 1 atom stereocenters. The maximum atomic E-state index is 11.8. The van der Waals surface area contributed by atoms with Gasteiger partial charge < -0.3 is 5.73 Å². The van der Waals surface area contributed by atoms with Crippen molar-refractivity contribution in [2.24, 2.45) is 5.73 Å². The molecule has 0 fully saturated rings. The fourth-order valence-corrected chi connectivity index (χ4v) is 3.39. The zero-order valence-corrected chi connectivity index (χ0v) is 12.8. The van der Waals surface area contributed by atoms with Crippen molar-refractivity contribution in [1.82, 2.24) is 14.8 Å². The van der Waals surface area contributed by atoms with E-state index in [1.54, 1.807) is 4.57 Å². The predicted octanol–water partition coefficient (Wildman–Crippen LogP) is 2.25. The number of H-pyrrole nitrogens is 1. The highest BCUT2D eigenvalue weighted by Crippen LogP contribution is 2.34. The Bertz CT molecular complexity index is 632. The summed E-state index contributed by atoms with van der Waals surface area (Å²) < 4.78 is 1.66. The molecule has 0 radical (unpaired) electrons. The number of benzene rings is 1. The molecular weight excluding hydrogens is 272 g/mol. The van der Waals surface area contributed by atoms with E-state index in [4.69, 9.17) is 5.73 Å². The summed E-state index contributed by atoms with van der Waals surface area (Å²) in [7, 11) is 0. The minimum Gasteiger partial charge on any atom is -0.329 e. The van der Waals surface area contributed by atoms with Gasteiger partial charge in [-0.15, -0.1) is 5.10 Å². The van der Waals surface area contributed by atoms with Crippen LogP contribution in [0.1, 0.15) is 36.3 Å². The summed E-state index contributed by atoms with van der Waals surface area (Å²) in [5.74, 6) is 0. The molecule has 5 nitrogen and oxygen atoms in total. The number of aryl methyl sites for hydroxylation is 1. The molecule has 0 spiro atoms. The third-order valence-electron chi connectivity index (χ3n) is 3.19. The minimum atomic E-state index is -0.178. The Kier molecular flexibility index (Phi) is 4.67. The van der Waals surface area contributed by atoms with Crippen molar-refractivity contribution in [2.75, 3.05) is 6.54 Å². The molecule has 108 valence electrons.